The summed E-state index contributed by atoms with van der Waals surface area (Å²) in [6.07, 6.45) is -0.0632. The summed E-state index contributed by atoms with van der Waals surface area (Å²) in [6, 6.07) is -10.5. The van der Waals surface area contributed by atoms with Gasteiger partial charge in [0.2, 0.25) is 41.4 Å². The third-order valence-corrected chi connectivity index (χ3v) is 9.85. The molecule has 0 unspecified atom stereocenters. The van der Waals surface area contributed by atoms with E-state index in [-0.39, 0.29) is 30.3 Å². The minimum absolute atomic E-state index is 0.0330. The lowest BCUT2D eigenvalue weighted by atomic mass is 10.0. The number of aromatic amines is 1. The second kappa shape index (κ2) is 21.2. The number of aromatic nitrogens is 2. The fourth-order valence-electron chi connectivity index (χ4n) is 4.63. The molecule has 7 amide bonds. The number of H-pyrrole nitrogens is 1. The first-order chi connectivity index (χ1) is 24.4. The topological polar surface area (TPSA) is 350 Å². The molecule has 0 aliphatic carbocycles. The molecule has 0 saturated carbocycles. The van der Waals surface area contributed by atoms with Crippen molar-refractivity contribution in [3.8, 4) is 0 Å². The van der Waals surface area contributed by atoms with Crippen molar-refractivity contribution in [1.82, 2.24) is 41.9 Å². The van der Waals surface area contributed by atoms with E-state index in [1.165, 1.54) is 12.5 Å². The summed E-state index contributed by atoms with van der Waals surface area (Å²) >= 11 is 0. The maximum absolute atomic E-state index is 13.4. The van der Waals surface area contributed by atoms with Gasteiger partial charge in [-0.1, -0.05) is 35.4 Å². The molecule has 0 radical (unpaired) electrons. The van der Waals surface area contributed by atoms with Crippen molar-refractivity contribution in [3.05, 3.63) is 18.2 Å². The zero-order valence-electron chi connectivity index (χ0n) is 28.6. The van der Waals surface area contributed by atoms with Crippen LogP contribution in [0.4, 0.5) is 0 Å². The molecule has 290 valence electrons. The van der Waals surface area contributed by atoms with E-state index in [1.54, 1.807) is 13.8 Å². The van der Waals surface area contributed by atoms with E-state index in [0.717, 1.165) is 28.5 Å². The Morgan fingerprint density at radius 3 is 1.94 bits per heavy atom. The Labute approximate surface area is 306 Å². The highest BCUT2D eigenvalue weighted by Crippen LogP contribution is 2.23. The molecule has 1 aliphatic heterocycles. The van der Waals surface area contributed by atoms with Crippen LogP contribution in [0.15, 0.2) is 12.5 Å². The smallest absolute Gasteiger partial charge is 0.305 e. The number of hydrogen-bond donors (Lipinski definition) is 12. The number of imidazole rings is 1. The summed E-state index contributed by atoms with van der Waals surface area (Å²) in [5.41, 5.74) is 12.0. The molecule has 0 aromatic carbocycles. The average molecular weight is 775 g/mol. The molecule has 52 heavy (non-hydrogen) atoms. The van der Waals surface area contributed by atoms with Crippen LogP contribution in [0.1, 0.15) is 39.3 Å². The van der Waals surface area contributed by atoms with Crippen molar-refractivity contribution in [2.75, 3.05) is 18.1 Å². The van der Waals surface area contributed by atoms with Crippen LogP contribution in [0, 0.1) is 5.92 Å². The number of aliphatic hydroxyl groups is 2. The highest BCUT2D eigenvalue weighted by Gasteiger charge is 2.36. The van der Waals surface area contributed by atoms with Crippen molar-refractivity contribution in [2.24, 2.45) is 17.4 Å². The average Bonchev–Trinajstić information content (AvgIpc) is 3.57. The van der Waals surface area contributed by atoms with Crippen molar-refractivity contribution >= 4 is 68.9 Å². The number of carbonyl (C=O) groups excluding carboxylic acids is 7. The molecule has 1 aliphatic rings. The van der Waals surface area contributed by atoms with Gasteiger partial charge in [-0.05, 0) is 19.3 Å². The maximum atomic E-state index is 13.4. The molecule has 1 aromatic rings. The second-order valence-corrected chi connectivity index (χ2v) is 14.9. The number of aliphatic hydroxyl groups excluding tert-OH is 2. The Morgan fingerprint density at radius 2 is 1.38 bits per heavy atom. The normalized spacial score (nSPS) is 27.2. The minimum atomic E-state index is -1.90. The fourth-order valence-corrected chi connectivity index (χ4v) is 6.93. The maximum Gasteiger partial charge on any atom is 0.305 e. The third kappa shape index (κ3) is 14.3. The number of nitrogens with one attached hydrogen (secondary N) is 7. The molecule has 1 saturated heterocycles. The number of primary amides is 1. The Hall–Kier alpha value is -4.45. The fraction of sp³-hybridized carbons (Fsp3) is 0.621. The molecular formula is C29H46N10O11S2. The largest absolute Gasteiger partial charge is 0.481 e. The number of carboxylic acid groups (broad SMARTS) is 1. The van der Waals surface area contributed by atoms with E-state index in [4.69, 9.17) is 11.5 Å². The van der Waals surface area contributed by atoms with Crippen molar-refractivity contribution in [2.45, 2.75) is 88.4 Å². The van der Waals surface area contributed by atoms with Gasteiger partial charge in [0, 0.05) is 29.8 Å². The van der Waals surface area contributed by atoms with E-state index >= 15 is 0 Å². The highest BCUT2D eigenvalue weighted by atomic mass is 33.1. The van der Waals surface area contributed by atoms with Crippen LogP contribution in [0.5, 0.6) is 0 Å². The van der Waals surface area contributed by atoms with Gasteiger partial charge in [0.15, 0.2) is 0 Å². The van der Waals surface area contributed by atoms with Gasteiger partial charge in [-0.15, -0.1) is 0 Å². The van der Waals surface area contributed by atoms with Crippen LogP contribution in [0.25, 0.3) is 0 Å². The SMILES string of the molecule is CC(C)C[C@H]1NC(=O)[C@H]([C@@H](C)O)NC(=O)[C@@H](CC(=O)O)NC(=O)[C@H](CO)NC(=O)[C@@H](Cc2cnc[nH]2)NC(=O)[C@H](N)CSSC[C@H](C(N)=O)NC1=O. The number of hydrogen-bond acceptors (Lipinski definition) is 14. The van der Waals surface area contributed by atoms with E-state index in [1.807, 2.05) is 0 Å². The van der Waals surface area contributed by atoms with E-state index in [0.29, 0.717) is 5.69 Å². The number of carbonyl (C=O) groups is 8. The third-order valence-electron chi connectivity index (χ3n) is 7.40. The summed E-state index contributed by atoms with van der Waals surface area (Å²) in [5, 5.41) is 43.8. The van der Waals surface area contributed by atoms with Gasteiger partial charge in [-0.2, -0.15) is 0 Å². The van der Waals surface area contributed by atoms with Gasteiger partial charge in [0.05, 0.1) is 31.5 Å². The predicted octanol–water partition coefficient (Wildman–Crippen LogP) is -5.04. The van der Waals surface area contributed by atoms with Crippen LogP contribution in [0.3, 0.4) is 0 Å². The van der Waals surface area contributed by atoms with Crippen LogP contribution in [-0.4, -0.2) is 139 Å². The molecule has 23 heteroatoms. The zero-order chi connectivity index (χ0) is 39.1. The summed E-state index contributed by atoms with van der Waals surface area (Å²) in [4.78, 5) is 110. The van der Waals surface area contributed by atoms with Gasteiger partial charge >= 0.3 is 5.97 Å². The van der Waals surface area contributed by atoms with Gasteiger partial charge < -0.3 is 63.7 Å². The first-order valence-corrected chi connectivity index (χ1v) is 18.5. The van der Waals surface area contributed by atoms with Crippen LogP contribution < -0.4 is 43.4 Å². The Bertz CT molecular complexity index is 1430. The molecule has 8 atom stereocenters. The summed E-state index contributed by atoms with van der Waals surface area (Å²) < 4.78 is 0. The quantitative estimate of drug-likeness (QED) is 0.105. The lowest BCUT2D eigenvalue weighted by Crippen LogP contribution is -2.62. The number of nitrogens with two attached hydrogens (primary N) is 2. The molecule has 0 spiro atoms. The Morgan fingerprint density at radius 1 is 0.827 bits per heavy atom. The van der Waals surface area contributed by atoms with E-state index in [2.05, 4.69) is 41.9 Å². The summed E-state index contributed by atoms with van der Waals surface area (Å²) in [5.74, 6) is -8.83. The molecule has 21 nitrogen and oxygen atoms in total. The first-order valence-electron chi connectivity index (χ1n) is 16.0. The highest BCUT2D eigenvalue weighted by molar-refractivity contribution is 8.76. The van der Waals surface area contributed by atoms with Crippen LogP contribution >= 0.6 is 21.6 Å². The van der Waals surface area contributed by atoms with Gasteiger partial charge in [0.1, 0.15) is 36.3 Å². The second-order valence-electron chi connectivity index (χ2n) is 12.3. The van der Waals surface area contributed by atoms with Crippen LogP contribution in [-0.2, 0) is 44.8 Å². The Kier molecular flexibility index (Phi) is 17.8. The number of carboxylic acids is 1. The number of rotatable bonds is 9. The molecule has 14 N–H and O–H groups in total. The zero-order valence-corrected chi connectivity index (χ0v) is 30.3. The molecule has 2 rings (SSSR count). The van der Waals surface area contributed by atoms with Crippen LogP contribution in [0.2, 0.25) is 0 Å². The number of nitrogens with zero attached hydrogens (tertiary/aromatic N) is 1. The van der Waals surface area contributed by atoms with Crippen molar-refractivity contribution in [3.63, 3.8) is 0 Å². The number of aliphatic carboxylic acids is 1. The standard InChI is InChI=1S/C29H46N10O11S2/c1-12(2)4-16-25(46)38-20(23(31)44)10-52-51-9-15(30)24(45)34-17(5-14-7-32-11-33-14)26(47)37-19(8-40)28(49)35-18(6-21(42)43)27(48)39-22(13(3)41)29(50)36-16/h7,11-13,15-20,22,40-41H,4-6,8-10,30H2,1-3H3,(H2,31,44)(H,32,33)(H,34,45)(H,35,49)(H,36,50)(H,37,47)(H,38,46)(H,39,48)(H,42,43)/t13-,15-,16-,17-,18-,19+,20-,22+/m1/s1. The monoisotopic (exact) mass is 774 g/mol. The van der Waals surface area contributed by atoms with Crippen molar-refractivity contribution < 1.29 is 53.7 Å². The molecular weight excluding hydrogens is 729 g/mol. The predicted molar refractivity (Wildman–Crippen MR) is 186 cm³/mol. The van der Waals surface area contributed by atoms with Gasteiger partial charge in [-0.25, -0.2) is 4.98 Å². The number of amides is 7. The molecule has 2 heterocycles. The summed E-state index contributed by atoms with van der Waals surface area (Å²) in [6.45, 7) is 3.60. The Balaban J connectivity index is 2.51. The van der Waals surface area contributed by atoms with Gasteiger partial charge in [-0.3, -0.25) is 38.4 Å². The lowest BCUT2D eigenvalue weighted by molar-refractivity contribution is -0.142. The lowest BCUT2D eigenvalue weighted by Gasteiger charge is -2.28. The minimum Gasteiger partial charge on any atom is -0.481 e. The van der Waals surface area contributed by atoms with E-state index in [9.17, 15) is 53.7 Å². The van der Waals surface area contributed by atoms with Crippen molar-refractivity contribution in [1.29, 1.82) is 0 Å². The van der Waals surface area contributed by atoms with Gasteiger partial charge in [0.25, 0.3) is 0 Å². The first kappa shape index (κ1) is 43.7. The van der Waals surface area contributed by atoms with E-state index < -0.39 is 109 Å². The molecule has 1 aromatic heterocycles. The molecule has 0 bridgehead atoms. The molecule has 1 fully saturated rings. The summed E-state index contributed by atoms with van der Waals surface area (Å²) in [7, 11) is 2.12.